The maximum atomic E-state index is 10.6. The van der Waals surface area contributed by atoms with E-state index in [1.165, 1.54) is 0 Å². The second-order valence-corrected chi connectivity index (χ2v) is 3.39. The molecule has 4 heteroatoms. The number of benzene rings is 1. The largest absolute Gasteiger partial charge is 0.307 e. The van der Waals surface area contributed by atoms with Crippen LogP contribution in [0.1, 0.15) is 11.6 Å². The van der Waals surface area contributed by atoms with Crippen LogP contribution in [0.4, 0.5) is 0 Å². The molecule has 1 atom stereocenters. The fraction of sp³-hybridized carbons (Fsp3) is 0.222. The van der Waals surface area contributed by atoms with Crippen molar-refractivity contribution in [2.75, 3.05) is 7.05 Å². The standard InChI is InChI=1S/C9H9Cl2NO/c1-12-9(5-13)6-2-3-7(10)8(11)4-6/h2-5,9,12H,1H3. The lowest BCUT2D eigenvalue weighted by Crippen LogP contribution is -2.17. The zero-order valence-corrected chi connectivity index (χ0v) is 8.56. The van der Waals surface area contributed by atoms with Gasteiger partial charge in [-0.3, -0.25) is 0 Å². The molecule has 0 heterocycles. The van der Waals surface area contributed by atoms with Crippen molar-refractivity contribution in [3.05, 3.63) is 33.8 Å². The highest BCUT2D eigenvalue weighted by Gasteiger charge is 2.08. The molecule has 0 aliphatic carbocycles. The molecular formula is C9H9Cl2NO. The molecule has 1 aromatic carbocycles. The number of carbonyl (C=O) groups is 1. The van der Waals surface area contributed by atoms with Crippen LogP contribution in [0.2, 0.25) is 10.0 Å². The SMILES string of the molecule is CNC(C=O)c1ccc(Cl)c(Cl)c1. The molecule has 70 valence electrons. The monoisotopic (exact) mass is 217 g/mol. The number of aldehydes is 1. The molecule has 1 rings (SSSR count). The summed E-state index contributed by atoms with van der Waals surface area (Å²) < 4.78 is 0. The number of hydrogen-bond acceptors (Lipinski definition) is 2. The summed E-state index contributed by atoms with van der Waals surface area (Å²) in [7, 11) is 1.71. The van der Waals surface area contributed by atoms with Crippen molar-refractivity contribution in [3.8, 4) is 0 Å². The Morgan fingerprint density at radius 1 is 1.38 bits per heavy atom. The number of hydrogen-bond donors (Lipinski definition) is 1. The summed E-state index contributed by atoms with van der Waals surface area (Å²) in [6.07, 6.45) is 0.819. The van der Waals surface area contributed by atoms with Crippen molar-refractivity contribution in [2.24, 2.45) is 0 Å². The van der Waals surface area contributed by atoms with E-state index in [0.29, 0.717) is 10.0 Å². The van der Waals surface area contributed by atoms with Crippen molar-refractivity contribution < 1.29 is 4.79 Å². The normalized spacial score (nSPS) is 12.5. The minimum absolute atomic E-state index is 0.324. The van der Waals surface area contributed by atoms with E-state index in [1.807, 2.05) is 0 Å². The van der Waals surface area contributed by atoms with E-state index in [1.54, 1.807) is 25.2 Å². The molecule has 0 fully saturated rings. The van der Waals surface area contributed by atoms with Crippen LogP contribution < -0.4 is 5.32 Å². The Balaban J connectivity index is 3.01. The minimum Gasteiger partial charge on any atom is -0.307 e. The van der Waals surface area contributed by atoms with Gasteiger partial charge in [-0.15, -0.1) is 0 Å². The highest BCUT2D eigenvalue weighted by atomic mass is 35.5. The van der Waals surface area contributed by atoms with E-state index in [9.17, 15) is 4.79 Å². The van der Waals surface area contributed by atoms with Gasteiger partial charge >= 0.3 is 0 Å². The summed E-state index contributed by atoms with van der Waals surface area (Å²) in [6, 6.07) is 4.80. The fourth-order valence-corrected chi connectivity index (χ4v) is 1.33. The minimum atomic E-state index is -0.324. The molecule has 1 N–H and O–H groups in total. The lowest BCUT2D eigenvalue weighted by molar-refractivity contribution is -0.109. The molecule has 1 unspecified atom stereocenters. The molecule has 0 bridgehead atoms. The molecule has 0 spiro atoms. The molecule has 0 radical (unpaired) electrons. The topological polar surface area (TPSA) is 29.1 Å². The van der Waals surface area contributed by atoms with Gasteiger partial charge < -0.3 is 10.1 Å². The lowest BCUT2D eigenvalue weighted by Gasteiger charge is -2.09. The first-order chi connectivity index (χ1) is 6.19. The van der Waals surface area contributed by atoms with E-state index in [-0.39, 0.29) is 6.04 Å². The quantitative estimate of drug-likeness (QED) is 0.789. The Morgan fingerprint density at radius 3 is 2.54 bits per heavy atom. The Morgan fingerprint density at radius 2 is 2.08 bits per heavy atom. The summed E-state index contributed by atoms with van der Waals surface area (Å²) in [5, 5.41) is 3.80. The first kappa shape index (κ1) is 10.5. The maximum absolute atomic E-state index is 10.6. The number of likely N-dealkylation sites (N-methyl/N-ethyl adjacent to an activating group) is 1. The van der Waals surface area contributed by atoms with Crippen LogP contribution in [0.5, 0.6) is 0 Å². The van der Waals surface area contributed by atoms with Gasteiger partial charge in [0.2, 0.25) is 0 Å². The molecule has 0 aliphatic rings. The zero-order valence-electron chi connectivity index (χ0n) is 7.05. The molecular weight excluding hydrogens is 209 g/mol. The Hall–Kier alpha value is -0.570. The van der Waals surface area contributed by atoms with E-state index >= 15 is 0 Å². The lowest BCUT2D eigenvalue weighted by atomic mass is 10.1. The van der Waals surface area contributed by atoms with Crippen LogP contribution in [-0.4, -0.2) is 13.3 Å². The average molecular weight is 218 g/mol. The molecule has 0 amide bonds. The molecule has 0 saturated carbocycles. The van der Waals surface area contributed by atoms with Crippen molar-refractivity contribution in [1.82, 2.24) is 5.32 Å². The number of halogens is 2. The predicted molar refractivity (Wildman–Crippen MR) is 54.3 cm³/mol. The molecule has 2 nitrogen and oxygen atoms in total. The molecule has 0 saturated heterocycles. The summed E-state index contributed by atoms with van der Waals surface area (Å²) in [6.45, 7) is 0. The number of carbonyl (C=O) groups excluding carboxylic acids is 1. The van der Waals surface area contributed by atoms with Crippen LogP contribution in [0, 0.1) is 0 Å². The van der Waals surface area contributed by atoms with E-state index in [2.05, 4.69) is 5.32 Å². The molecule has 1 aromatic rings. The molecule has 13 heavy (non-hydrogen) atoms. The maximum Gasteiger partial charge on any atom is 0.141 e. The van der Waals surface area contributed by atoms with Crippen molar-refractivity contribution >= 4 is 29.5 Å². The highest BCUT2D eigenvalue weighted by Crippen LogP contribution is 2.24. The van der Waals surface area contributed by atoms with Crippen LogP contribution in [0.3, 0.4) is 0 Å². The van der Waals surface area contributed by atoms with Gasteiger partial charge in [-0.1, -0.05) is 29.3 Å². The summed E-state index contributed by atoms with van der Waals surface area (Å²) in [5.74, 6) is 0. The van der Waals surface area contributed by atoms with Crippen molar-refractivity contribution in [3.63, 3.8) is 0 Å². The second-order valence-electron chi connectivity index (χ2n) is 2.58. The summed E-state index contributed by atoms with van der Waals surface area (Å²) in [4.78, 5) is 10.6. The van der Waals surface area contributed by atoms with Gasteiger partial charge in [0.1, 0.15) is 6.29 Å². The average Bonchev–Trinajstić information content (AvgIpc) is 2.13. The predicted octanol–water partition coefficient (Wildman–Crippen LogP) is 2.45. The fourth-order valence-electron chi connectivity index (χ4n) is 1.02. The third-order valence-electron chi connectivity index (χ3n) is 1.75. The zero-order chi connectivity index (χ0) is 9.84. The molecule has 0 aliphatic heterocycles. The van der Waals surface area contributed by atoms with Gasteiger partial charge in [-0.05, 0) is 24.7 Å². The van der Waals surface area contributed by atoms with Crippen molar-refractivity contribution in [2.45, 2.75) is 6.04 Å². The van der Waals surface area contributed by atoms with Crippen molar-refractivity contribution in [1.29, 1.82) is 0 Å². The van der Waals surface area contributed by atoms with Crippen LogP contribution in [0.15, 0.2) is 18.2 Å². The Labute approximate surface area is 86.8 Å². The van der Waals surface area contributed by atoms with Gasteiger partial charge in [-0.25, -0.2) is 0 Å². The second kappa shape index (κ2) is 4.61. The Kier molecular flexibility index (Phi) is 3.72. The first-order valence-electron chi connectivity index (χ1n) is 3.76. The highest BCUT2D eigenvalue weighted by molar-refractivity contribution is 6.42. The smallest absolute Gasteiger partial charge is 0.141 e. The third kappa shape index (κ3) is 2.44. The van der Waals surface area contributed by atoms with E-state index in [0.717, 1.165) is 11.8 Å². The van der Waals surface area contributed by atoms with Gasteiger partial charge in [0.15, 0.2) is 0 Å². The van der Waals surface area contributed by atoms with Gasteiger partial charge in [0.25, 0.3) is 0 Å². The number of nitrogens with one attached hydrogen (secondary N) is 1. The molecule has 0 aromatic heterocycles. The van der Waals surface area contributed by atoms with E-state index in [4.69, 9.17) is 23.2 Å². The third-order valence-corrected chi connectivity index (χ3v) is 2.49. The van der Waals surface area contributed by atoms with E-state index < -0.39 is 0 Å². The van der Waals surface area contributed by atoms with Crippen LogP contribution >= 0.6 is 23.2 Å². The van der Waals surface area contributed by atoms with Gasteiger partial charge in [0, 0.05) is 0 Å². The summed E-state index contributed by atoms with van der Waals surface area (Å²) >= 11 is 11.5. The Bertz CT molecular complexity index is 314. The van der Waals surface area contributed by atoms with Crippen LogP contribution in [-0.2, 0) is 4.79 Å². The van der Waals surface area contributed by atoms with Gasteiger partial charge in [-0.2, -0.15) is 0 Å². The van der Waals surface area contributed by atoms with Crippen LogP contribution in [0.25, 0.3) is 0 Å². The number of rotatable bonds is 3. The summed E-state index contributed by atoms with van der Waals surface area (Å²) in [5.41, 5.74) is 0.812. The first-order valence-corrected chi connectivity index (χ1v) is 4.52. The van der Waals surface area contributed by atoms with Gasteiger partial charge in [0.05, 0.1) is 16.1 Å².